The third-order valence-electron chi connectivity index (χ3n) is 4.54. The molecule has 3 rings (SSSR count). The van der Waals surface area contributed by atoms with Crippen molar-refractivity contribution < 1.29 is 4.79 Å². The summed E-state index contributed by atoms with van der Waals surface area (Å²) in [5.74, 6) is -0.135. The number of likely N-dealkylation sites (tertiary alicyclic amines) is 1. The van der Waals surface area contributed by atoms with Gasteiger partial charge in [-0.2, -0.15) is 0 Å². The van der Waals surface area contributed by atoms with Gasteiger partial charge in [-0.05, 0) is 38.4 Å². The van der Waals surface area contributed by atoms with E-state index in [1.807, 2.05) is 37.3 Å². The molecule has 6 heteroatoms. The standard InChI is InChI=1S/C18H25N5O/c1-15-17(18(24)19-10-13-22-11-6-3-7-12-22)20-21-23(15)14-16-8-4-2-5-9-16/h2,4-5,8-9H,3,6-7,10-14H2,1H3,(H,19,24). The first-order valence-corrected chi connectivity index (χ1v) is 8.68. The Kier molecular flexibility index (Phi) is 5.59. The minimum absolute atomic E-state index is 0.135. The molecular formula is C18H25N5O. The van der Waals surface area contributed by atoms with E-state index in [-0.39, 0.29) is 5.91 Å². The summed E-state index contributed by atoms with van der Waals surface area (Å²) in [4.78, 5) is 14.7. The molecule has 1 saturated heterocycles. The summed E-state index contributed by atoms with van der Waals surface area (Å²) in [6.07, 6.45) is 3.86. The highest BCUT2D eigenvalue weighted by Crippen LogP contribution is 2.09. The molecule has 2 aromatic rings. The van der Waals surface area contributed by atoms with Crippen LogP contribution in [-0.2, 0) is 6.54 Å². The predicted octanol–water partition coefficient (Wildman–Crippen LogP) is 1.85. The SMILES string of the molecule is Cc1c(C(=O)NCCN2CCCCC2)nnn1Cc1ccccc1. The third-order valence-corrected chi connectivity index (χ3v) is 4.54. The molecule has 2 heterocycles. The highest BCUT2D eigenvalue weighted by molar-refractivity contribution is 5.93. The van der Waals surface area contributed by atoms with Crippen LogP contribution in [0.4, 0.5) is 0 Å². The molecular weight excluding hydrogens is 302 g/mol. The molecule has 0 unspecified atom stereocenters. The quantitative estimate of drug-likeness (QED) is 0.879. The first-order valence-electron chi connectivity index (χ1n) is 8.68. The Balaban J connectivity index is 1.53. The van der Waals surface area contributed by atoms with Crippen molar-refractivity contribution in [1.82, 2.24) is 25.2 Å². The van der Waals surface area contributed by atoms with Crippen molar-refractivity contribution in [2.75, 3.05) is 26.2 Å². The lowest BCUT2D eigenvalue weighted by atomic mass is 10.1. The number of aromatic nitrogens is 3. The van der Waals surface area contributed by atoms with Crippen molar-refractivity contribution in [3.63, 3.8) is 0 Å². The largest absolute Gasteiger partial charge is 0.349 e. The Morgan fingerprint density at radius 2 is 1.92 bits per heavy atom. The number of nitrogens with zero attached hydrogens (tertiary/aromatic N) is 4. The number of nitrogens with one attached hydrogen (secondary N) is 1. The Labute approximate surface area is 142 Å². The van der Waals surface area contributed by atoms with E-state index in [1.54, 1.807) is 4.68 Å². The summed E-state index contributed by atoms with van der Waals surface area (Å²) >= 11 is 0. The molecule has 0 saturated carbocycles. The van der Waals surface area contributed by atoms with Gasteiger partial charge in [-0.15, -0.1) is 5.10 Å². The predicted molar refractivity (Wildman–Crippen MR) is 92.9 cm³/mol. The van der Waals surface area contributed by atoms with Gasteiger partial charge in [0.25, 0.3) is 5.91 Å². The van der Waals surface area contributed by atoms with Crippen molar-refractivity contribution in [3.05, 3.63) is 47.3 Å². The minimum Gasteiger partial charge on any atom is -0.349 e. The number of benzene rings is 1. The second kappa shape index (κ2) is 8.06. The number of carbonyl (C=O) groups excluding carboxylic acids is 1. The Morgan fingerprint density at radius 3 is 2.67 bits per heavy atom. The maximum absolute atomic E-state index is 12.3. The molecule has 0 radical (unpaired) electrons. The van der Waals surface area contributed by atoms with Crippen LogP contribution in [0.1, 0.15) is 41.0 Å². The first kappa shape index (κ1) is 16.6. The summed E-state index contributed by atoms with van der Waals surface area (Å²) in [7, 11) is 0. The number of rotatable bonds is 6. The highest BCUT2D eigenvalue weighted by atomic mass is 16.2. The van der Waals surface area contributed by atoms with E-state index >= 15 is 0 Å². The number of hydrogen-bond acceptors (Lipinski definition) is 4. The van der Waals surface area contributed by atoms with Crippen molar-refractivity contribution >= 4 is 5.91 Å². The van der Waals surface area contributed by atoms with Gasteiger partial charge in [0.1, 0.15) is 0 Å². The lowest BCUT2D eigenvalue weighted by Gasteiger charge is -2.26. The molecule has 0 bridgehead atoms. The fraction of sp³-hybridized carbons (Fsp3) is 0.500. The van der Waals surface area contributed by atoms with Crippen LogP contribution in [0.3, 0.4) is 0 Å². The zero-order valence-electron chi connectivity index (χ0n) is 14.2. The summed E-state index contributed by atoms with van der Waals surface area (Å²) in [5, 5.41) is 11.2. The fourth-order valence-corrected chi connectivity index (χ4v) is 3.07. The smallest absolute Gasteiger partial charge is 0.273 e. The fourth-order valence-electron chi connectivity index (χ4n) is 3.07. The average Bonchev–Trinajstić information content (AvgIpc) is 2.97. The number of carbonyl (C=O) groups is 1. The van der Waals surface area contributed by atoms with E-state index in [2.05, 4.69) is 20.5 Å². The van der Waals surface area contributed by atoms with Gasteiger partial charge in [0.15, 0.2) is 5.69 Å². The lowest BCUT2D eigenvalue weighted by Crippen LogP contribution is -2.37. The van der Waals surface area contributed by atoms with Crippen molar-refractivity contribution in [2.24, 2.45) is 0 Å². The summed E-state index contributed by atoms with van der Waals surface area (Å²) in [6.45, 7) is 6.36. The Morgan fingerprint density at radius 1 is 1.17 bits per heavy atom. The van der Waals surface area contributed by atoms with Crippen LogP contribution in [0, 0.1) is 6.92 Å². The van der Waals surface area contributed by atoms with Gasteiger partial charge in [-0.3, -0.25) is 4.79 Å². The molecule has 0 atom stereocenters. The molecule has 0 aliphatic carbocycles. The van der Waals surface area contributed by atoms with E-state index in [9.17, 15) is 4.79 Å². The molecule has 6 nitrogen and oxygen atoms in total. The minimum atomic E-state index is -0.135. The van der Waals surface area contributed by atoms with Crippen LogP contribution in [0.15, 0.2) is 30.3 Å². The van der Waals surface area contributed by atoms with E-state index in [0.29, 0.717) is 18.8 Å². The van der Waals surface area contributed by atoms with Crippen molar-refractivity contribution in [1.29, 1.82) is 0 Å². The van der Waals surface area contributed by atoms with E-state index < -0.39 is 0 Å². The zero-order valence-corrected chi connectivity index (χ0v) is 14.2. The highest BCUT2D eigenvalue weighted by Gasteiger charge is 2.17. The summed E-state index contributed by atoms with van der Waals surface area (Å²) < 4.78 is 1.77. The van der Waals surface area contributed by atoms with Crippen LogP contribution < -0.4 is 5.32 Å². The molecule has 24 heavy (non-hydrogen) atoms. The number of piperidine rings is 1. The molecule has 1 aromatic carbocycles. The summed E-state index contributed by atoms with van der Waals surface area (Å²) in [5.41, 5.74) is 2.36. The number of amides is 1. The van der Waals surface area contributed by atoms with Crippen LogP contribution in [0.2, 0.25) is 0 Å². The van der Waals surface area contributed by atoms with Crippen LogP contribution in [0.5, 0.6) is 0 Å². The molecule has 128 valence electrons. The summed E-state index contributed by atoms with van der Waals surface area (Å²) in [6, 6.07) is 10.1. The molecule has 1 aromatic heterocycles. The van der Waals surface area contributed by atoms with Crippen LogP contribution >= 0.6 is 0 Å². The topological polar surface area (TPSA) is 63.1 Å². The van der Waals surface area contributed by atoms with Gasteiger partial charge in [0, 0.05) is 13.1 Å². The molecule has 1 aliphatic rings. The zero-order chi connectivity index (χ0) is 16.8. The van der Waals surface area contributed by atoms with Crippen molar-refractivity contribution in [2.45, 2.75) is 32.7 Å². The maximum atomic E-state index is 12.3. The van der Waals surface area contributed by atoms with Gasteiger partial charge >= 0.3 is 0 Å². The van der Waals surface area contributed by atoms with Gasteiger partial charge < -0.3 is 10.2 Å². The molecule has 1 amide bonds. The Bertz CT molecular complexity index is 661. The second-order valence-corrected chi connectivity index (χ2v) is 6.32. The van der Waals surface area contributed by atoms with Gasteiger partial charge in [0.05, 0.1) is 12.2 Å². The monoisotopic (exact) mass is 327 g/mol. The van der Waals surface area contributed by atoms with Crippen LogP contribution in [-0.4, -0.2) is 52.0 Å². The first-order chi connectivity index (χ1) is 11.7. The molecule has 1 fully saturated rings. The maximum Gasteiger partial charge on any atom is 0.273 e. The van der Waals surface area contributed by atoms with E-state index in [1.165, 1.54) is 19.3 Å². The van der Waals surface area contributed by atoms with E-state index in [4.69, 9.17) is 0 Å². The molecule has 1 aliphatic heterocycles. The third kappa shape index (κ3) is 4.20. The van der Waals surface area contributed by atoms with Gasteiger partial charge in [0.2, 0.25) is 0 Å². The normalized spacial score (nSPS) is 15.4. The van der Waals surface area contributed by atoms with Gasteiger partial charge in [-0.25, -0.2) is 4.68 Å². The van der Waals surface area contributed by atoms with Gasteiger partial charge in [-0.1, -0.05) is 42.0 Å². The second-order valence-electron chi connectivity index (χ2n) is 6.32. The number of hydrogen-bond donors (Lipinski definition) is 1. The molecule has 1 N–H and O–H groups in total. The van der Waals surface area contributed by atoms with Crippen molar-refractivity contribution in [3.8, 4) is 0 Å². The van der Waals surface area contributed by atoms with Crippen LogP contribution in [0.25, 0.3) is 0 Å². The molecule has 0 spiro atoms. The lowest BCUT2D eigenvalue weighted by molar-refractivity contribution is 0.0941. The van der Waals surface area contributed by atoms with E-state index in [0.717, 1.165) is 30.9 Å². The average molecular weight is 327 g/mol. The Hall–Kier alpha value is -2.21.